The SMILES string of the molecule is CN1CCN(c2ccc(C(=O)N3CCC4(CC3)CC4CNC(=O)N3CC4=CN=CCC4C3)cc2)CC1. The summed E-state index contributed by atoms with van der Waals surface area (Å²) in [5.41, 5.74) is 3.58. The van der Waals surface area contributed by atoms with Gasteiger partial charge in [-0.25, -0.2) is 4.79 Å². The van der Waals surface area contributed by atoms with Gasteiger partial charge in [-0.3, -0.25) is 9.79 Å². The highest BCUT2D eigenvalue weighted by Crippen LogP contribution is 2.59. The minimum atomic E-state index is 0.0555. The van der Waals surface area contributed by atoms with Crippen molar-refractivity contribution in [2.75, 3.05) is 70.9 Å². The second-order valence-electron chi connectivity index (χ2n) is 11.4. The van der Waals surface area contributed by atoms with Gasteiger partial charge in [-0.15, -0.1) is 0 Å². The molecule has 1 spiro atoms. The number of rotatable bonds is 4. The zero-order chi connectivity index (χ0) is 24.7. The summed E-state index contributed by atoms with van der Waals surface area (Å²) in [6.45, 7) is 8.09. The molecule has 1 aromatic rings. The molecule has 1 aliphatic carbocycles. The van der Waals surface area contributed by atoms with Crippen LogP contribution in [-0.2, 0) is 0 Å². The topological polar surface area (TPSA) is 71.5 Å². The Morgan fingerprint density at radius 1 is 1.03 bits per heavy atom. The van der Waals surface area contributed by atoms with Gasteiger partial charge in [0, 0.05) is 88.5 Å². The molecule has 1 aromatic carbocycles. The van der Waals surface area contributed by atoms with Gasteiger partial charge in [0.2, 0.25) is 0 Å². The Morgan fingerprint density at radius 3 is 2.50 bits per heavy atom. The number of hydrogen-bond acceptors (Lipinski definition) is 5. The number of likely N-dealkylation sites (N-methyl/N-ethyl adjacent to an activating group) is 1. The van der Waals surface area contributed by atoms with Gasteiger partial charge in [0.1, 0.15) is 0 Å². The second-order valence-corrected chi connectivity index (χ2v) is 11.4. The lowest BCUT2D eigenvalue weighted by Gasteiger charge is -2.34. The van der Waals surface area contributed by atoms with Crippen molar-refractivity contribution in [1.82, 2.24) is 20.0 Å². The van der Waals surface area contributed by atoms with Crippen LogP contribution in [0.1, 0.15) is 36.0 Å². The van der Waals surface area contributed by atoms with Gasteiger partial charge < -0.3 is 24.9 Å². The van der Waals surface area contributed by atoms with Gasteiger partial charge >= 0.3 is 6.03 Å². The van der Waals surface area contributed by atoms with Gasteiger partial charge in [-0.2, -0.15) is 0 Å². The molecule has 4 aliphatic heterocycles. The fraction of sp³-hybridized carbons (Fsp3) is 0.607. The minimum absolute atomic E-state index is 0.0555. The molecule has 1 saturated carbocycles. The summed E-state index contributed by atoms with van der Waals surface area (Å²) < 4.78 is 0. The number of benzene rings is 1. The highest BCUT2D eigenvalue weighted by molar-refractivity contribution is 5.94. The van der Waals surface area contributed by atoms with Crippen molar-refractivity contribution < 1.29 is 9.59 Å². The lowest BCUT2D eigenvalue weighted by molar-refractivity contribution is 0.0669. The number of nitrogens with one attached hydrogen (secondary N) is 1. The largest absolute Gasteiger partial charge is 0.369 e. The van der Waals surface area contributed by atoms with Crippen LogP contribution < -0.4 is 10.2 Å². The van der Waals surface area contributed by atoms with Crippen LogP contribution in [0.25, 0.3) is 0 Å². The van der Waals surface area contributed by atoms with E-state index in [1.165, 1.54) is 11.3 Å². The van der Waals surface area contributed by atoms with Crippen molar-refractivity contribution in [1.29, 1.82) is 0 Å². The van der Waals surface area contributed by atoms with Crippen molar-refractivity contribution in [2.24, 2.45) is 22.2 Å². The zero-order valence-electron chi connectivity index (χ0n) is 21.4. The molecule has 8 heteroatoms. The molecule has 36 heavy (non-hydrogen) atoms. The Kier molecular flexibility index (Phi) is 6.23. The Bertz CT molecular complexity index is 1050. The average Bonchev–Trinajstić information content (AvgIpc) is 3.38. The number of likely N-dealkylation sites (tertiary alicyclic amines) is 2. The molecule has 5 aliphatic rings. The monoisotopic (exact) mass is 490 g/mol. The van der Waals surface area contributed by atoms with E-state index in [9.17, 15) is 9.59 Å². The van der Waals surface area contributed by atoms with E-state index >= 15 is 0 Å². The molecule has 0 bridgehead atoms. The van der Waals surface area contributed by atoms with Gasteiger partial charge in [0.05, 0.1) is 0 Å². The zero-order valence-corrected chi connectivity index (χ0v) is 21.4. The van der Waals surface area contributed by atoms with Crippen molar-refractivity contribution in [3.8, 4) is 0 Å². The molecule has 3 amide bonds. The molecule has 4 fully saturated rings. The van der Waals surface area contributed by atoms with Crippen molar-refractivity contribution in [3.63, 3.8) is 0 Å². The average molecular weight is 491 g/mol. The summed E-state index contributed by atoms with van der Waals surface area (Å²) in [6.07, 6.45) is 8.05. The maximum Gasteiger partial charge on any atom is 0.317 e. The number of fused-ring (bicyclic) bond motifs is 1. The van der Waals surface area contributed by atoms with Gasteiger partial charge in [-0.1, -0.05) is 0 Å². The Morgan fingerprint density at radius 2 is 1.78 bits per heavy atom. The number of hydrogen-bond donors (Lipinski definition) is 1. The Hall–Kier alpha value is -2.87. The third-order valence-electron chi connectivity index (χ3n) is 9.25. The summed E-state index contributed by atoms with van der Waals surface area (Å²) >= 11 is 0. The highest BCUT2D eigenvalue weighted by atomic mass is 16.2. The normalized spacial score (nSPS) is 27.1. The minimum Gasteiger partial charge on any atom is -0.369 e. The fourth-order valence-corrected chi connectivity index (χ4v) is 6.53. The molecule has 2 atom stereocenters. The predicted molar refractivity (Wildman–Crippen MR) is 141 cm³/mol. The maximum atomic E-state index is 13.1. The van der Waals surface area contributed by atoms with E-state index in [1.54, 1.807) is 0 Å². The lowest BCUT2D eigenvalue weighted by Crippen LogP contribution is -2.44. The van der Waals surface area contributed by atoms with E-state index in [-0.39, 0.29) is 11.9 Å². The molecule has 4 heterocycles. The first-order valence-electron chi connectivity index (χ1n) is 13.6. The summed E-state index contributed by atoms with van der Waals surface area (Å²) in [5, 5.41) is 3.19. The lowest BCUT2D eigenvalue weighted by atomic mass is 9.90. The van der Waals surface area contributed by atoms with E-state index < -0.39 is 0 Å². The summed E-state index contributed by atoms with van der Waals surface area (Å²) in [4.78, 5) is 38.8. The number of anilines is 1. The fourth-order valence-electron chi connectivity index (χ4n) is 6.53. The van der Waals surface area contributed by atoms with Crippen molar-refractivity contribution in [2.45, 2.75) is 25.7 Å². The highest BCUT2D eigenvalue weighted by Gasteiger charge is 2.55. The summed E-state index contributed by atoms with van der Waals surface area (Å²) in [5.74, 6) is 1.13. The van der Waals surface area contributed by atoms with Crippen LogP contribution in [0.3, 0.4) is 0 Å². The van der Waals surface area contributed by atoms with Crippen LogP contribution in [0.2, 0.25) is 0 Å². The number of piperazine rings is 1. The molecule has 0 radical (unpaired) electrons. The van der Waals surface area contributed by atoms with Crippen LogP contribution in [-0.4, -0.2) is 98.8 Å². The third kappa shape index (κ3) is 4.63. The van der Waals surface area contributed by atoms with Crippen LogP contribution in [0.15, 0.2) is 41.0 Å². The second kappa shape index (κ2) is 9.54. The van der Waals surface area contributed by atoms with E-state index in [4.69, 9.17) is 0 Å². The first-order chi connectivity index (χ1) is 17.5. The predicted octanol–water partition coefficient (Wildman–Crippen LogP) is 2.68. The molecule has 0 aromatic heterocycles. The first-order valence-corrected chi connectivity index (χ1v) is 13.6. The van der Waals surface area contributed by atoms with E-state index in [0.717, 1.165) is 83.6 Å². The molecular formula is C28H38N6O2. The van der Waals surface area contributed by atoms with Gasteiger partial charge in [0.25, 0.3) is 5.91 Å². The van der Waals surface area contributed by atoms with Gasteiger partial charge in [0.15, 0.2) is 0 Å². The summed E-state index contributed by atoms with van der Waals surface area (Å²) in [7, 11) is 2.16. The molecule has 6 rings (SSSR count). The third-order valence-corrected chi connectivity index (χ3v) is 9.25. The molecule has 8 nitrogen and oxygen atoms in total. The Balaban J connectivity index is 0.953. The van der Waals surface area contributed by atoms with Crippen molar-refractivity contribution >= 4 is 23.8 Å². The standard InChI is InChI=1S/C28H38N6O2/c1-31-12-14-32(15-13-31)25-4-2-21(3-5-25)26(35)33-10-7-28(8-11-33)16-24(28)18-30-27(36)34-19-22-6-9-29-17-23(22)20-34/h2-5,9,17,22,24H,6-8,10-16,18-20H2,1H3,(H,30,36). The van der Waals surface area contributed by atoms with E-state index in [1.807, 2.05) is 34.3 Å². The van der Waals surface area contributed by atoms with Gasteiger partial charge in [-0.05, 0) is 73.9 Å². The number of aliphatic imine (C=N–C) groups is 1. The number of piperidine rings is 1. The van der Waals surface area contributed by atoms with Crippen LogP contribution >= 0.6 is 0 Å². The first kappa shape index (κ1) is 23.5. The number of urea groups is 1. The summed E-state index contributed by atoms with van der Waals surface area (Å²) in [6, 6.07) is 8.24. The van der Waals surface area contributed by atoms with E-state index in [0.29, 0.717) is 23.8 Å². The molecule has 192 valence electrons. The maximum absolute atomic E-state index is 13.1. The number of carbonyl (C=O) groups excluding carboxylic acids is 2. The molecular weight excluding hydrogens is 452 g/mol. The van der Waals surface area contributed by atoms with Crippen LogP contribution in [0, 0.1) is 17.3 Å². The Labute approximate surface area is 214 Å². The van der Waals surface area contributed by atoms with Crippen LogP contribution in [0.4, 0.5) is 10.5 Å². The van der Waals surface area contributed by atoms with E-state index in [2.05, 4.69) is 39.3 Å². The molecule has 2 unspecified atom stereocenters. The molecule has 1 N–H and O–H groups in total. The smallest absolute Gasteiger partial charge is 0.317 e. The molecule has 3 saturated heterocycles. The number of amides is 3. The quantitative estimate of drug-likeness (QED) is 0.705. The van der Waals surface area contributed by atoms with Crippen LogP contribution in [0.5, 0.6) is 0 Å². The number of nitrogens with zero attached hydrogens (tertiary/aromatic N) is 5. The van der Waals surface area contributed by atoms with Crippen molar-refractivity contribution in [3.05, 3.63) is 41.6 Å². The number of carbonyl (C=O) groups is 2.